The third-order valence-electron chi connectivity index (χ3n) is 3.42. The van der Waals surface area contributed by atoms with Gasteiger partial charge in [0.05, 0.1) is 6.04 Å². The molecule has 0 aliphatic carbocycles. The number of hydrogen-bond donors (Lipinski definition) is 3. The number of carbonyl (C=O) groups is 3. The molecule has 1 aliphatic heterocycles. The zero-order valence-corrected chi connectivity index (χ0v) is 11.6. The first-order valence-electron chi connectivity index (χ1n) is 6.56. The molecule has 7 nitrogen and oxygen atoms in total. The van der Waals surface area contributed by atoms with Crippen molar-refractivity contribution in [2.45, 2.75) is 25.4 Å². The van der Waals surface area contributed by atoms with Gasteiger partial charge in [-0.3, -0.25) is 19.7 Å². The summed E-state index contributed by atoms with van der Waals surface area (Å²) in [6.45, 7) is 1.38. The molecule has 1 aromatic carbocycles. The Balaban J connectivity index is 2.06. The van der Waals surface area contributed by atoms with Crippen LogP contribution in [0.3, 0.4) is 0 Å². The molecule has 1 fully saturated rings. The van der Waals surface area contributed by atoms with Crippen LogP contribution in [0, 0.1) is 0 Å². The summed E-state index contributed by atoms with van der Waals surface area (Å²) in [6.07, 6.45) is 0.262. The molecular formula is C14H17N3O4. The molecule has 1 unspecified atom stereocenters. The number of piperazine rings is 1. The van der Waals surface area contributed by atoms with Crippen LogP contribution < -0.4 is 11.1 Å². The van der Waals surface area contributed by atoms with E-state index in [4.69, 9.17) is 5.73 Å². The number of imide groups is 1. The Labute approximate surface area is 121 Å². The lowest BCUT2D eigenvalue weighted by atomic mass is 10.0. The number of phenolic OH excluding ortho intramolecular Hbond substituents is 1. The normalized spacial score (nSPS) is 20.1. The number of carbonyl (C=O) groups excluding carboxylic acids is 3. The van der Waals surface area contributed by atoms with Gasteiger partial charge >= 0.3 is 0 Å². The van der Waals surface area contributed by atoms with E-state index in [0.29, 0.717) is 0 Å². The first-order valence-corrected chi connectivity index (χ1v) is 6.56. The minimum absolute atomic E-state index is 0.130. The monoisotopic (exact) mass is 291 g/mol. The SMILES string of the molecule is CC1C(=O)NC(=O)CN1C(=O)[C@H](N)Cc1ccc(O)cc1. The van der Waals surface area contributed by atoms with Crippen LogP contribution in [0.2, 0.25) is 0 Å². The Bertz CT molecular complexity index is 570. The molecule has 0 saturated carbocycles. The second-order valence-electron chi connectivity index (χ2n) is 5.03. The van der Waals surface area contributed by atoms with Gasteiger partial charge in [0.1, 0.15) is 18.3 Å². The minimum Gasteiger partial charge on any atom is -0.508 e. The first-order chi connectivity index (χ1) is 9.88. The van der Waals surface area contributed by atoms with Gasteiger partial charge in [0.25, 0.3) is 0 Å². The maximum atomic E-state index is 12.3. The van der Waals surface area contributed by atoms with Crippen LogP contribution in [0.25, 0.3) is 0 Å². The predicted octanol–water partition coefficient (Wildman–Crippen LogP) is -0.864. The van der Waals surface area contributed by atoms with E-state index >= 15 is 0 Å². The lowest BCUT2D eigenvalue weighted by Gasteiger charge is -2.33. The second kappa shape index (κ2) is 5.92. The van der Waals surface area contributed by atoms with E-state index in [2.05, 4.69) is 5.32 Å². The summed E-state index contributed by atoms with van der Waals surface area (Å²) < 4.78 is 0. The average molecular weight is 291 g/mol. The zero-order valence-electron chi connectivity index (χ0n) is 11.6. The molecule has 21 heavy (non-hydrogen) atoms. The highest BCUT2D eigenvalue weighted by Gasteiger charge is 2.35. The standard InChI is InChI=1S/C14H17N3O4/c1-8-13(20)16-12(19)7-17(8)14(21)11(15)6-9-2-4-10(18)5-3-9/h2-5,8,11,18H,6-7,15H2,1H3,(H,16,19,20)/t8?,11-/m1/s1. The lowest BCUT2D eigenvalue weighted by Crippen LogP contribution is -2.61. The van der Waals surface area contributed by atoms with Gasteiger partial charge < -0.3 is 15.7 Å². The summed E-state index contributed by atoms with van der Waals surface area (Å²) in [5.74, 6) is -1.33. The maximum Gasteiger partial charge on any atom is 0.249 e. The van der Waals surface area contributed by atoms with Crippen molar-refractivity contribution in [3.8, 4) is 5.75 Å². The Morgan fingerprint density at radius 2 is 2.05 bits per heavy atom. The smallest absolute Gasteiger partial charge is 0.249 e. The molecule has 7 heteroatoms. The van der Waals surface area contributed by atoms with Crippen molar-refractivity contribution in [3.63, 3.8) is 0 Å². The van der Waals surface area contributed by atoms with Crippen LogP contribution in [0.4, 0.5) is 0 Å². The summed E-state index contributed by atoms with van der Waals surface area (Å²) >= 11 is 0. The van der Waals surface area contributed by atoms with Crippen LogP contribution >= 0.6 is 0 Å². The number of nitrogens with zero attached hydrogens (tertiary/aromatic N) is 1. The number of aromatic hydroxyl groups is 1. The number of hydrogen-bond acceptors (Lipinski definition) is 5. The summed E-state index contributed by atoms with van der Waals surface area (Å²) in [6, 6.07) is 4.77. The van der Waals surface area contributed by atoms with Crippen molar-refractivity contribution in [1.29, 1.82) is 0 Å². The van der Waals surface area contributed by atoms with Gasteiger partial charge in [0, 0.05) is 0 Å². The fourth-order valence-corrected chi connectivity index (χ4v) is 2.17. The highest BCUT2D eigenvalue weighted by Crippen LogP contribution is 2.13. The number of amides is 3. The zero-order chi connectivity index (χ0) is 15.6. The van der Waals surface area contributed by atoms with Gasteiger partial charge in [0.15, 0.2) is 0 Å². The summed E-state index contributed by atoms with van der Waals surface area (Å²) in [5.41, 5.74) is 6.66. The number of nitrogens with one attached hydrogen (secondary N) is 1. The molecule has 1 aliphatic rings. The van der Waals surface area contributed by atoms with E-state index in [9.17, 15) is 19.5 Å². The summed E-state index contributed by atoms with van der Waals surface area (Å²) in [5, 5.41) is 11.4. The Hall–Kier alpha value is -2.41. The lowest BCUT2D eigenvalue weighted by molar-refractivity contribution is -0.150. The van der Waals surface area contributed by atoms with Crippen LogP contribution in [-0.4, -0.2) is 46.4 Å². The van der Waals surface area contributed by atoms with Crippen LogP contribution in [0.15, 0.2) is 24.3 Å². The van der Waals surface area contributed by atoms with Crippen LogP contribution in [0.5, 0.6) is 5.75 Å². The molecule has 0 aromatic heterocycles. The van der Waals surface area contributed by atoms with E-state index in [1.165, 1.54) is 17.0 Å². The Morgan fingerprint density at radius 1 is 1.43 bits per heavy atom. The highest BCUT2D eigenvalue weighted by molar-refractivity contribution is 6.04. The Kier molecular flexibility index (Phi) is 4.23. The number of nitrogens with two attached hydrogens (primary N) is 1. The minimum atomic E-state index is -0.851. The van der Waals surface area contributed by atoms with Gasteiger partial charge in [-0.25, -0.2) is 0 Å². The molecule has 1 heterocycles. The topological polar surface area (TPSA) is 113 Å². The molecule has 2 rings (SSSR count). The van der Waals surface area contributed by atoms with Crippen LogP contribution in [-0.2, 0) is 20.8 Å². The first kappa shape index (κ1) is 15.0. The molecule has 1 saturated heterocycles. The van der Waals surface area contributed by atoms with E-state index in [1.54, 1.807) is 19.1 Å². The predicted molar refractivity (Wildman–Crippen MR) is 74.1 cm³/mol. The molecule has 112 valence electrons. The molecular weight excluding hydrogens is 274 g/mol. The van der Waals surface area contributed by atoms with Crippen molar-refractivity contribution in [3.05, 3.63) is 29.8 Å². The van der Waals surface area contributed by atoms with Crippen molar-refractivity contribution >= 4 is 17.7 Å². The maximum absolute atomic E-state index is 12.3. The van der Waals surface area contributed by atoms with Gasteiger partial charge in [-0.05, 0) is 31.0 Å². The van der Waals surface area contributed by atoms with Gasteiger partial charge in [0.2, 0.25) is 17.7 Å². The van der Waals surface area contributed by atoms with Crippen LogP contribution in [0.1, 0.15) is 12.5 Å². The molecule has 4 N–H and O–H groups in total. The van der Waals surface area contributed by atoms with Crippen molar-refractivity contribution in [2.75, 3.05) is 6.54 Å². The third kappa shape index (κ3) is 3.38. The molecule has 1 aromatic rings. The van der Waals surface area contributed by atoms with Gasteiger partial charge in [-0.2, -0.15) is 0 Å². The summed E-state index contributed by atoms with van der Waals surface area (Å²) in [7, 11) is 0. The van der Waals surface area contributed by atoms with E-state index in [1.807, 2.05) is 0 Å². The molecule has 0 spiro atoms. The van der Waals surface area contributed by atoms with Gasteiger partial charge in [-0.15, -0.1) is 0 Å². The van der Waals surface area contributed by atoms with Crippen molar-refractivity contribution < 1.29 is 19.5 Å². The summed E-state index contributed by atoms with van der Waals surface area (Å²) in [4.78, 5) is 36.4. The van der Waals surface area contributed by atoms with E-state index in [0.717, 1.165) is 5.56 Å². The third-order valence-corrected chi connectivity index (χ3v) is 3.42. The molecule has 0 radical (unpaired) electrons. The average Bonchev–Trinajstić information content (AvgIpc) is 2.44. The molecule has 2 atom stereocenters. The van der Waals surface area contributed by atoms with E-state index in [-0.39, 0.29) is 18.7 Å². The van der Waals surface area contributed by atoms with Gasteiger partial charge in [-0.1, -0.05) is 12.1 Å². The quantitative estimate of drug-likeness (QED) is 0.627. The second-order valence-corrected chi connectivity index (χ2v) is 5.03. The fraction of sp³-hybridized carbons (Fsp3) is 0.357. The van der Waals surface area contributed by atoms with Crippen molar-refractivity contribution in [1.82, 2.24) is 10.2 Å². The largest absolute Gasteiger partial charge is 0.508 e. The molecule has 3 amide bonds. The number of phenols is 1. The fourth-order valence-electron chi connectivity index (χ4n) is 2.17. The Morgan fingerprint density at radius 3 is 2.67 bits per heavy atom. The molecule has 0 bridgehead atoms. The highest BCUT2D eigenvalue weighted by atomic mass is 16.3. The number of benzene rings is 1. The number of rotatable bonds is 3. The van der Waals surface area contributed by atoms with Crippen molar-refractivity contribution in [2.24, 2.45) is 5.73 Å². The van der Waals surface area contributed by atoms with E-state index < -0.39 is 29.8 Å².